The van der Waals surface area contributed by atoms with Crippen LogP contribution in [-0.4, -0.2) is 73.3 Å². The number of aryl methyl sites for hydroxylation is 1. The Bertz CT molecular complexity index is 902. The molecule has 1 saturated heterocycles. The Labute approximate surface area is 177 Å². The van der Waals surface area contributed by atoms with Crippen molar-refractivity contribution in [2.24, 2.45) is 13.0 Å². The number of carboxylic acids is 1. The molecule has 11 heteroatoms. The zero-order valence-corrected chi connectivity index (χ0v) is 17.3. The molecule has 0 spiro atoms. The predicted octanol–water partition coefficient (Wildman–Crippen LogP) is 2.22. The Hall–Kier alpha value is -2.82. The molecule has 1 amide bonds. The van der Waals surface area contributed by atoms with Crippen molar-refractivity contribution in [3.8, 4) is 0 Å². The minimum atomic E-state index is -5.08. The molecule has 0 aromatic carbocycles. The molecule has 0 saturated carbocycles. The number of carboxylic acid groups (broad SMARTS) is 1. The molecule has 4 rings (SSSR count). The van der Waals surface area contributed by atoms with Crippen LogP contribution >= 0.6 is 0 Å². The Balaban J connectivity index is 0.000000339. The fourth-order valence-electron chi connectivity index (χ4n) is 3.99. The second-order valence-corrected chi connectivity index (χ2v) is 7.86. The van der Waals surface area contributed by atoms with Crippen LogP contribution in [0.2, 0.25) is 0 Å². The molecule has 170 valence electrons. The van der Waals surface area contributed by atoms with Crippen molar-refractivity contribution in [1.29, 1.82) is 0 Å². The van der Waals surface area contributed by atoms with Gasteiger partial charge in [0.05, 0.1) is 6.54 Å². The van der Waals surface area contributed by atoms with Crippen molar-refractivity contribution in [3.05, 3.63) is 42.2 Å². The number of nitrogens with zero attached hydrogens (tertiary/aromatic N) is 5. The van der Waals surface area contributed by atoms with E-state index >= 15 is 0 Å². The summed E-state index contributed by atoms with van der Waals surface area (Å²) in [5.41, 5.74) is 0.745. The fraction of sp³-hybridized carbons (Fsp3) is 0.550. The van der Waals surface area contributed by atoms with E-state index in [4.69, 9.17) is 9.90 Å². The van der Waals surface area contributed by atoms with E-state index in [0.29, 0.717) is 12.5 Å². The Morgan fingerprint density at radius 1 is 1.19 bits per heavy atom. The van der Waals surface area contributed by atoms with Crippen LogP contribution in [0.5, 0.6) is 0 Å². The quantitative estimate of drug-likeness (QED) is 0.790. The summed E-state index contributed by atoms with van der Waals surface area (Å²) in [6.45, 7) is 5.78. The molecule has 2 aliphatic heterocycles. The first-order valence-electron chi connectivity index (χ1n) is 10.1. The molecule has 1 atom stereocenters. The highest BCUT2D eigenvalue weighted by Crippen LogP contribution is 2.20. The van der Waals surface area contributed by atoms with Gasteiger partial charge in [0.15, 0.2) is 0 Å². The molecule has 0 bridgehead atoms. The summed E-state index contributed by atoms with van der Waals surface area (Å²) in [4.78, 5) is 30.9. The third kappa shape index (κ3) is 5.87. The fourth-order valence-corrected chi connectivity index (χ4v) is 3.99. The molecule has 31 heavy (non-hydrogen) atoms. The third-order valence-electron chi connectivity index (χ3n) is 5.48. The summed E-state index contributed by atoms with van der Waals surface area (Å²) >= 11 is 0. The van der Waals surface area contributed by atoms with E-state index in [0.717, 1.165) is 31.2 Å². The molecule has 2 aromatic rings. The number of alkyl halides is 3. The number of rotatable bonds is 3. The first-order valence-corrected chi connectivity index (χ1v) is 10.1. The normalized spacial score (nSPS) is 19.4. The van der Waals surface area contributed by atoms with E-state index in [1.54, 1.807) is 0 Å². The van der Waals surface area contributed by atoms with Gasteiger partial charge in [-0.1, -0.05) is 0 Å². The van der Waals surface area contributed by atoms with Gasteiger partial charge in [-0.3, -0.25) is 4.79 Å². The maximum atomic E-state index is 13.0. The van der Waals surface area contributed by atoms with Gasteiger partial charge in [0.1, 0.15) is 11.5 Å². The van der Waals surface area contributed by atoms with Crippen molar-refractivity contribution in [2.75, 3.05) is 26.2 Å². The molecule has 4 heterocycles. The molecule has 0 radical (unpaired) electrons. The summed E-state index contributed by atoms with van der Waals surface area (Å²) in [5, 5.41) is 7.12. The topological polar surface area (TPSA) is 83.6 Å². The number of fused-ring (bicyclic) bond motifs is 1. The van der Waals surface area contributed by atoms with Gasteiger partial charge in [0.25, 0.3) is 5.91 Å². The second kappa shape index (κ2) is 9.54. The van der Waals surface area contributed by atoms with Crippen LogP contribution in [0.25, 0.3) is 0 Å². The molecule has 2 aromatic heterocycles. The van der Waals surface area contributed by atoms with E-state index in [1.165, 1.54) is 25.9 Å². The van der Waals surface area contributed by atoms with E-state index in [1.807, 2.05) is 47.2 Å². The van der Waals surface area contributed by atoms with Gasteiger partial charge < -0.3 is 24.0 Å². The van der Waals surface area contributed by atoms with E-state index in [9.17, 15) is 18.0 Å². The summed E-state index contributed by atoms with van der Waals surface area (Å²) in [6, 6.07) is 3.82. The predicted molar refractivity (Wildman–Crippen MR) is 105 cm³/mol. The molecular weight excluding hydrogens is 415 g/mol. The average molecular weight is 441 g/mol. The second-order valence-electron chi connectivity index (χ2n) is 7.86. The number of aromatic nitrogens is 3. The monoisotopic (exact) mass is 441 g/mol. The van der Waals surface area contributed by atoms with Crippen LogP contribution in [0, 0.1) is 5.92 Å². The molecule has 1 N–H and O–H groups in total. The van der Waals surface area contributed by atoms with Crippen LogP contribution in [0.1, 0.15) is 29.2 Å². The van der Waals surface area contributed by atoms with Crippen molar-refractivity contribution in [3.63, 3.8) is 0 Å². The number of amides is 1. The van der Waals surface area contributed by atoms with Crippen LogP contribution < -0.4 is 0 Å². The van der Waals surface area contributed by atoms with E-state index in [2.05, 4.69) is 14.5 Å². The SMILES string of the molecule is Cn1cccc1C(=O)N1Cc2nccn2CC(CN2CCCC2)C1.O=C(O)C(F)(F)F. The van der Waals surface area contributed by atoms with Gasteiger partial charge in [-0.2, -0.15) is 13.2 Å². The zero-order chi connectivity index (χ0) is 22.6. The number of imidazole rings is 1. The lowest BCUT2D eigenvalue weighted by atomic mass is 10.1. The number of likely N-dealkylation sites (tertiary alicyclic amines) is 1. The molecule has 8 nitrogen and oxygen atoms in total. The molecule has 2 aliphatic rings. The molecule has 1 unspecified atom stereocenters. The number of aliphatic carboxylic acids is 1. The van der Waals surface area contributed by atoms with Gasteiger partial charge in [0, 0.05) is 51.2 Å². The standard InChI is InChI=1S/C18H25N5O.C2HF3O2/c1-20-7-4-5-16(20)18(24)23-13-15(11-21-8-2-3-9-21)12-22-10-6-19-17(22)14-23;3-2(4,5)1(6)7/h4-7,10,15H,2-3,8-9,11-14H2,1H3;(H,6,7). The zero-order valence-electron chi connectivity index (χ0n) is 17.3. The van der Waals surface area contributed by atoms with Crippen molar-refractivity contribution in [1.82, 2.24) is 23.9 Å². The van der Waals surface area contributed by atoms with Crippen LogP contribution in [-0.2, 0) is 24.9 Å². The van der Waals surface area contributed by atoms with E-state index < -0.39 is 12.1 Å². The highest BCUT2D eigenvalue weighted by atomic mass is 19.4. The summed E-state index contributed by atoms with van der Waals surface area (Å²) in [5.74, 6) is -1.22. The molecule has 1 fully saturated rings. The Kier molecular flexibility index (Phi) is 7.04. The maximum Gasteiger partial charge on any atom is 0.490 e. The maximum absolute atomic E-state index is 13.0. The van der Waals surface area contributed by atoms with Gasteiger partial charge >= 0.3 is 12.1 Å². The lowest BCUT2D eigenvalue weighted by Crippen LogP contribution is -2.39. The average Bonchev–Trinajstić information content (AvgIpc) is 3.42. The number of carbonyl (C=O) groups is 2. The van der Waals surface area contributed by atoms with Gasteiger partial charge in [-0.15, -0.1) is 0 Å². The summed E-state index contributed by atoms with van der Waals surface area (Å²) < 4.78 is 35.9. The van der Waals surface area contributed by atoms with Gasteiger partial charge in [0.2, 0.25) is 0 Å². The largest absolute Gasteiger partial charge is 0.490 e. The van der Waals surface area contributed by atoms with Crippen LogP contribution in [0.15, 0.2) is 30.7 Å². The highest BCUT2D eigenvalue weighted by molar-refractivity contribution is 5.92. The minimum Gasteiger partial charge on any atom is -0.475 e. The summed E-state index contributed by atoms with van der Waals surface area (Å²) in [7, 11) is 1.92. The van der Waals surface area contributed by atoms with Crippen LogP contribution in [0.3, 0.4) is 0 Å². The van der Waals surface area contributed by atoms with Crippen LogP contribution in [0.4, 0.5) is 13.2 Å². The smallest absolute Gasteiger partial charge is 0.475 e. The summed E-state index contributed by atoms with van der Waals surface area (Å²) in [6.07, 6.45) is 3.33. The molecular formula is C20H26F3N5O3. The minimum absolute atomic E-state index is 0.102. The lowest BCUT2D eigenvalue weighted by Gasteiger charge is -2.27. The van der Waals surface area contributed by atoms with Gasteiger partial charge in [-0.25, -0.2) is 9.78 Å². The highest BCUT2D eigenvalue weighted by Gasteiger charge is 2.38. The Morgan fingerprint density at radius 3 is 2.45 bits per heavy atom. The number of hydrogen-bond acceptors (Lipinski definition) is 4. The number of hydrogen-bond donors (Lipinski definition) is 1. The van der Waals surface area contributed by atoms with Gasteiger partial charge in [-0.05, 0) is 38.1 Å². The number of carbonyl (C=O) groups excluding carboxylic acids is 1. The van der Waals surface area contributed by atoms with Crippen molar-refractivity contribution < 1.29 is 27.9 Å². The van der Waals surface area contributed by atoms with E-state index in [-0.39, 0.29) is 5.91 Å². The number of halogens is 3. The molecule has 0 aliphatic carbocycles. The first kappa shape index (κ1) is 22.9. The van der Waals surface area contributed by atoms with Crippen molar-refractivity contribution in [2.45, 2.75) is 32.1 Å². The van der Waals surface area contributed by atoms with Crippen molar-refractivity contribution >= 4 is 11.9 Å². The Morgan fingerprint density at radius 2 is 1.87 bits per heavy atom. The third-order valence-corrected chi connectivity index (χ3v) is 5.48. The first-order chi connectivity index (χ1) is 14.6. The lowest BCUT2D eigenvalue weighted by molar-refractivity contribution is -0.192.